The van der Waals surface area contributed by atoms with Crippen molar-refractivity contribution in [1.82, 2.24) is 5.32 Å². The minimum absolute atomic E-state index is 0.0358. The third-order valence-electron chi connectivity index (χ3n) is 3.35. The Balaban J connectivity index is 2.13. The number of benzene rings is 2. The summed E-state index contributed by atoms with van der Waals surface area (Å²) in [6.07, 6.45) is 7.81. The highest BCUT2D eigenvalue weighted by Gasteiger charge is 2.13. The molecule has 0 saturated carbocycles. The summed E-state index contributed by atoms with van der Waals surface area (Å²) >= 11 is 0. The van der Waals surface area contributed by atoms with E-state index in [9.17, 15) is 4.79 Å². The molecule has 0 aliphatic carbocycles. The van der Waals surface area contributed by atoms with Crippen LogP contribution in [0.2, 0.25) is 0 Å². The molecule has 22 heavy (non-hydrogen) atoms. The summed E-state index contributed by atoms with van der Waals surface area (Å²) in [5, 5.41) is 3.08. The minimum Gasteiger partial charge on any atom is -0.345 e. The van der Waals surface area contributed by atoms with Crippen LogP contribution in [0.3, 0.4) is 0 Å². The van der Waals surface area contributed by atoms with Crippen molar-refractivity contribution in [1.29, 1.82) is 0 Å². The second-order valence-corrected chi connectivity index (χ2v) is 5.05. The lowest BCUT2D eigenvalue weighted by molar-refractivity contribution is -0.117. The van der Waals surface area contributed by atoms with Crippen LogP contribution in [0.15, 0.2) is 85.0 Å². The van der Waals surface area contributed by atoms with E-state index in [1.165, 1.54) is 5.56 Å². The second-order valence-electron chi connectivity index (χ2n) is 5.05. The second kappa shape index (κ2) is 8.63. The van der Waals surface area contributed by atoms with Gasteiger partial charge in [0.1, 0.15) is 0 Å². The molecule has 2 rings (SSSR count). The maximum absolute atomic E-state index is 12.1. The van der Waals surface area contributed by atoms with Crippen LogP contribution >= 0.6 is 0 Å². The Kier molecular flexibility index (Phi) is 6.18. The SMILES string of the molecule is C/C=C/C=C/C(=O)NC(Cc1ccccc1)c1ccccc1. The Morgan fingerprint density at radius 1 is 1.00 bits per heavy atom. The number of carbonyl (C=O) groups excluding carboxylic acids is 1. The van der Waals surface area contributed by atoms with E-state index in [1.807, 2.05) is 67.6 Å². The average Bonchev–Trinajstić information content (AvgIpc) is 2.56. The zero-order valence-corrected chi connectivity index (χ0v) is 12.8. The fourth-order valence-corrected chi connectivity index (χ4v) is 2.26. The molecule has 112 valence electrons. The van der Waals surface area contributed by atoms with Crippen molar-refractivity contribution in [2.24, 2.45) is 0 Å². The number of rotatable bonds is 6. The summed E-state index contributed by atoms with van der Waals surface area (Å²) in [7, 11) is 0. The van der Waals surface area contributed by atoms with Crippen LogP contribution in [-0.2, 0) is 11.2 Å². The highest BCUT2D eigenvalue weighted by Crippen LogP contribution is 2.18. The molecule has 1 N–H and O–H groups in total. The van der Waals surface area contributed by atoms with Gasteiger partial charge in [0.15, 0.2) is 0 Å². The first kappa shape index (κ1) is 15.8. The maximum Gasteiger partial charge on any atom is 0.244 e. The molecule has 0 radical (unpaired) electrons. The fraction of sp³-hybridized carbons (Fsp3) is 0.150. The number of hydrogen-bond donors (Lipinski definition) is 1. The number of nitrogens with one attached hydrogen (secondary N) is 1. The zero-order chi connectivity index (χ0) is 15.6. The molecule has 1 amide bonds. The lowest BCUT2D eigenvalue weighted by atomic mass is 9.99. The molecule has 1 atom stereocenters. The van der Waals surface area contributed by atoms with Gasteiger partial charge in [0.25, 0.3) is 0 Å². The van der Waals surface area contributed by atoms with Gasteiger partial charge in [-0.1, -0.05) is 78.9 Å². The number of allylic oxidation sites excluding steroid dienone is 3. The number of hydrogen-bond acceptors (Lipinski definition) is 1. The Hall–Kier alpha value is -2.61. The van der Waals surface area contributed by atoms with Gasteiger partial charge in [-0.05, 0) is 24.5 Å². The van der Waals surface area contributed by atoms with Crippen LogP contribution < -0.4 is 5.32 Å². The standard InChI is InChI=1S/C20H21NO/c1-2-3-6-15-20(22)21-19(18-13-9-5-10-14-18)16-17-11-7-4-8-12-17/h2-15,19H,16H2,1H3,(H,21,22)/b3-2+,15-6+. The molecule has 0 saturated heterocycles. The van der Waals surface area contributed by atoms with Gasteiger partial charge < -0.3 is 5.32 Å². The molecule has 0 aliphatic rings. The normalized spacial score (nSPS) is 12.6. The number of amides is 1. The molecule has 0 fully saturated rings. The fourth-order valence-electron chi connectivity index (χ4n) is 2.26. The average molecular weight is 291 g/mol. The van der Waals surface area contributed by atoms with Crippen molar-refractivity contribution in [3.05, 3.63) is 96.1 Å². The van der Waals surface area contributed by atoms with E-state index in [0.29, 0.717) is 0 Å². The summed E-state index contributed by atoms with van der Waals surface area (Å²) in [5.74, 6) is -0.0807. The van der Waals surface area contributed by atoms with E-state index in [0.717, 1.165) is 12.0 Å². The van der Waals surface area contributed by atoms with Gasteiger partial charge >= 0.3 is 0 Å². The van der Waals surface area contributed by atoms with Crippen LogP contribution in [0.5, 0.6) is 0 Å². The monoisotopic (exact) mass is 291 g/mol. The van der Waals surface area contributed by atoms with Crippen LogP contribution in [0.25, 0.3) is 0 Å². The predicted octanol–water partition coefficient (Wildman–Crippen LogP) is 4.22. The summed E-state index contributed by atoms with van der Waals surface area (Å²) in [6.45, 7) is 1.92. The van der Waals surface area contributed by atoms with E-state index in [2.05, 4.69) is 17.4 Å². The van der Waals surface area contributed by atoms with E-state index in [-0.39, 0.29) is 11.9 Å². The first-order valence-electron chi connectivity index (χ1n) is 7.48. The summed E-state index contributed by atoms with van der Waals surface area (Å²) in [6, 6.07) is 20.2. The van der Waals surface area contributed by atoms with E-state index < -0.39 is 0 Å². The highest BCUT2D eigenvalue weighted by molar-refractivity contribution is 5.88. The van der Waals surface area contributed by atoms with Gasteiger partial charge in [-0.15, -0.1) is 0 Å². The third kappa shape index (κ3) is 5.06. The zero-order valence-electron chi connectivity index (χ0n) is 12.8. The van der Waals surface area contributed by atoms with Gasteiger partial charge in [-0.25, -0.2) is 0 Å². The Morgan fingerprint density at radius 3 is 2.27 bits per heavy atom. The maximum atomic E-state index is 12.1. The van der Waals surface area contributed by atoms with Crippen molar-refractivity contribution in [3.8, 4) is 0 Å². The van der Waals surface area contributed by atoms with E-state index in [4.69, 9.17) is 0 Å². The molecule has 0 aliphatic heterocycles. The minimum atomic E-state index is -0.0807. The van der Waals surface area contributed by atoms with E-state index >= 15 is 0 Å². The van der Waals surface area contributed by atoms with Crippen molar-refractivity contribution < 1.29 is 4.79 Å². The van der Waals surface area contributed by atoms with Gasteiger partial charge in [0, 0.05) is 6.08 Å². The van der Waals surface area contributed by atoms with Gasteiger partial charge in [-0.3, -0.25) is 4.79 Å². The topological polar surface area (TPSA) is 29.1 Å². The molecule has 0 spiro atoms. The molecule has 2 aromatic rings. The Bertz CT molecular complexity index is 629. The van der Waals surface area contributed by atoms with Crippen LogP contribution in [0.4, 0.5) is 0 Å². The predicted molar refractivity (Wildman–Crippen MR) is 91.4 cm³/mol. The van der Waals surface area contributed by atoms with Crippen LogP contribution in [-0.4, -0.2) is 5.91 Å². The lowest BCUT2D eigenvalue weighted by Crippen LogP contribution is -2.28. The third-order valence-corrected chi connectivity index (χ3v) is 3.35. The molecule has 0 heterocycles. The van der Waals surface area contributed by atoms with Gasteiger partial charge in [0.2, 0.25) is 5.91 Å². The Morgan fingerprint density at radius 2 is 1.64 bits per heavy atom. The summed E-state index contributed by atoms with van der Waals surface area (Å²) < 4.78 is 0. The van der Waals surface area contributed by atoms with Crippen LogP contribution in [0, 0.1) is 0 Å². The Labute approximate surface area is 132 Å². The summed E-state index contributed by atoms with van der Waals surface area (Å²) in [4.78, 5) is 12.1. The molecule has 0 bridgehead atoms. The highest BCUT2D eigenvalue weighted by atomic mass is 16.1. The smallest absolute Gasteiger partial charge is 0.244 e. The van der Waals surface area contributed by atoms with Crippen molar-refractivity contribution >= 4 is 5.91 Å². The molecular weight excluding hydrogens is 270 g/mol. The number of carbonyl (C=O) groups is 1. The van der Waals surface area contributed by atoms with Gasteiger partial charge in [-0.2, -0.15) is 0 Å². The van der Waals surface area contributed by atoms with Crippen molar-refractivity contribution in [2.75, 3.05) is 0 Å². The molecule has 2 heteroatoms. The molecule has 2 nitrogen and oxygen atoms in total. The van der Waals surface area contributed by atoms with E-state index in [1.54, 1.807) is 12.2 Å². The summed E-state index contributed by atoms with van der Waals surface area (Å²) in [5.41, 5.74) is 2.31. The van der Waals surface area contributed by atoms with Crippen molar-refractivity contribution in [2.45, 2.75) is 19.4 Å². The lowest BCUT2D eigenvalue weighted by Gasteiger charge is -2.18. The quantitative estimate of drug-likeness (QED) is 0.626. The van der Waals surface area contributed by atoms with Crippen LogP contribution in [0.1, 0.15) is 24.1 Å². The molecule has 1 unspecified atom stereocenters. The molecule has 2 aromatic carbocycles. The first-order chi connectivity index (χ1) is 10.8. The first-order valence-corrected chi connectivity index (χ1v) is 7.48. The largest absolute Gasteiger partial charge is 0.345 e. The molecule has 0 aromatic heterocycles. The van der Waals surface area contributed by atoms with Gasteiger partial charge in [0.05, 0.1) is 6.04 Å². The molecular formula is C20H21NO. The van der Waals surface area contributed by atoms with Crippen molar-refractivity contribution in [3.63, 3.8) is 0 Å².